The van der Waals surface area contributed by atoms with Crippen molar-refractivity contribution in [3.05, 3.63) is 42.0 Å². The van der Waals surface area contributed by atoms with Gasteiger partial charge < -0.3 is 10.4 Å². The van der Waals surface area contributed by atoms with Gasteiger partial charge in [0.05, 0.1) is 17.0 Å². The molecule has 0 saturated heterocycles. The average Bonchev–Trinajstić information content (AvgIpc) is 2.98. The number of sulfonamides is 1. The van der Waals surface area contributed by atoms with Crippen molar-refractivity contribution in [2.75, 3.05) is 6.54 Å². The van der Waals surface area contributed by atoms with Gasteiger partial charge in [-0.1, -0.05) is 12.2 Å². The molecule has 1 aromatic carbocycles. The van der Waals surface area contributed by atoms with Crippen molar-refractivity contribution in [1.82, 2.24) is 10.0 Å². The van der Waals surface area contributed by atoms with Crippen LogP contribution in [0.1, 0.15) is 23.2 Å². The number of benzene rings is 1. The largest absolute Gasteiger partial charge is 0.478 e. The number of aromatic carboxylic acids is 1. The van der Waals surface area contributed by atoms with Crippen LogP contribution in [0.25, 0.3) is 0 Å². The molecule has 1 atom stereocenters. The molecule has 0 radical (unpaired) electrons. The van der Waals surface area contributed by atoms with Gasteiger partial charge in [-0.3, -0.25) is 4.79 Å². The monoisotopic (exact) mass is 324 g/mol. The normalized spacial score (nSPS) is 17.4. The first kappa shape index (κ1) is 16.2. The number of amides is 1. The SMILES string of the molecule is O=C(CNS(=O)(=O)c1ccc(C(=O)O)cc1)NC1C=CCC1. The molecule has 22 heavy (non-hydrogen) atoms. The van der Waals surface area contributed by atoms with Crippen molar-refractivity contribution < 1.29 is 23.1 Å². The fourth-order valence-electron chi connectivity index (χ4n) is 2.03. The Morgan fingerprint density at radius 3 is 2.45 bits per heavy atom. The van der Waals surface area contributed by atoms with E-state index in [-0.39, 0.29) is 23.0 Å². The molecule has 0 bridgehead atoms. The van der Waals surface area contributed by atoms with Crippen LogP contribution < -0.4 is 10.0 Å². The zero-order valence-corrected chi connectivity index (χ0v) is 12.5. The molecule has 0 saturated carbocycles. The Hall–Kier alpha value is -2.19. The molecule has 7 nitrogen and oxygen atoms in total. The lowest BCUT2D eigenvalue weighted by Crippen LogP contribution is -2.40. The van der Waals surface area contributed by atoms with E-state index < -0.39 is 21.9 Å². The summed E-state index contributed by atoms with van der Waals surface area (Å²) in [6, 6.07) is 4.71. The summed E-state index contributed by atoms with van der Waals surface area (Å²) >= 11 is 0. The van der Waals surface area contributed by atoms with Gasteiger partial charge >= 0.3 is 5.97 Å². The second-order valence-corrected chi connectivity index (χ2v) is 6.60. The Kier molecular flexibility index (Phi) is 4.94. The minimum Gasteiger partial charge on any atom is -0.478 e. The van der Waals surface area contributed by atoms with E-state index in [4.69, 9.17) is 5.11 Å². The second kappa shape index (κ2) is 6.71. The number of hydrogen-bond donors (Lipinski definition) is 3. The van der Waals surface area contributed by atoms with Gasteiger partial charge in [0, 0.05) is 6.04 Å². The summed E-state index contributed by atoms with van der Waals surface area (Å²) in [6.45, 7) is -0.368. The third kappa shape index (κ3) is 4.15. The molecule has 1 aliphatic rings. The molecule has 1 amide bonds. The van der Waals surface area contributed by atoms with E-state index in [1.807, 2.05) is 12.2 Å². The highest BCUT2D eigenvalue weighted by Gasteiger charge is 2.18. The molecule has 8 heteroatoms. The van der Waals surface area contributed by atoms with Gasteiger partial charge in [0.1, 0.15) is 0 Å². The van der Waals surface area contributed by atoms with E-state index in [1.54, 1.807) is 0 Å². The first-order valence-corrected chi connectivity index (χ1v) is 8.16. The third-order valence-corrected chi connectivity index (χ3v) is 4.61. The number of carbonyl (C=O) groups excluding carboxylic acids is 1. The van der Waals surface area contributed by atoms with Crippen LogP contribution in [0.5, 0.6) is 0 Å². The molecule has 0 aliphatic heterocycles. The average molecular weight is 324 g/mol. The minimum atomic E-state index is -3.85. The van der Waals surface area contributed by atoms with Crippen molar-refractivity contribution >= 4 is 21.9 Å². The molecule has 3 N–H and O–H groups in total. The van der Waals surface area contributed by atoms with Crippen LogP contribution in [0.4, 0.5) is 0 Å². The summed E-state index contributed by atoms with van der Waals surface area (Å²) in [5, 5.41) is 11.5. The fraction of sp³-hybridized carbons (Fsp3) is 0.286. The number of carbonyl (C=O) groups is 2. The summed E-state index contributed by atoms with van der Waals surface area (Å²) in [5.41, 5.74) is -0.00952. The fourth-order valence-corrected chi connectivity index (χ4v) is 3.01. The Morgan fingerprint density at radius 2 is 1.91 bits per heavy atom. The van der Waals surface area contributed by atoms with Crippen LogP contribution in [0.15, 0.2) is 41.3 Å². The topological polar surface area (TPSA) is 113 Å². The van der Waals surface area contributed by atoms with Crippen molar-refractivity contribution in [3.63, 3.8) is 0 Å². The van der Waals surface area contributed by atoms with Gasteiger partial charge in [-0.15, -0.1) is 0 Å². The van der Waals surface area contributed by atoms with Gasteiger partial charge in [-0.25, -0.2) is 17.9 Å². The van der Waals surface area contributed by atoms with E-state index in [0.29, 0.717) is 0 Å². The second-order valence-electron chi connectivity index (χ2n) is 4.83. The maximum atomic E-state index is 12.0. The number of allylic oxidation sites excluding steroid dienone is 1. The smallest absolute Gasteiger partial charge is 0.335 e. The molecule has 1 unspecified atom stereocenters. The van der Waals surface area contributed by atoms with Crippen molar-refractivity contribution in [3.8, 4) is 0 Å². The predicted octanol–water partition coefficient (Wildman–Crippen LogP) is 0.498. The molecule has 0 spiro atoms. The lowest BCUT2D eigenvalue weighted by Gasteiger charge is -2.11. The quantitative estimate of drug-likeness (QED) is 0.660. The van der Waals surface area contributed by atoms with Crippen molar-refractivity contribution in [1.29, 1.82) is 0 Å². The van der Waals surface area contributed by atoms with Gasteiger partial charge in [-0.2, -0.15) is 0 Å². The van der Waals surface area contributed by atoms with Gasteiger partial charge in [-0.05, 0) is 37.1 Å². The highest BCUT2D eigenvalue weighted by molar-refractivity contribution is 7.89. The van der Waals surface area contributed by atoms with Crippen molar-refractivity contribution in [2.45, 2.75) is 23.8 Å². The van der Waals surface area contributed by atoms with Crippen LogP contribution in [0.3, 0.4) is 0 Å². The Balaban J connectivity index is 1.94. The summed E-state index contributed by atoms with van der Waals surface area (Å²) in [4.78, 5) is 22.3. The van der Waals surface area contributed by atoms with Crippen LogP contribution >= 0.6 is 0 Å². The van der Waals surface area contributed by atoms with Crippen LogP contribution in [0, 0.1) is 0 Å². The number of carboxylic acid groups (broad SMARTS) is 1. The summed E-state index contributed by atoms with van der Waals surface area (Å²) in [6.07, 6.45) is 5.54. The number of hydrogen-bond acceptors (Lipinski definition) is 4. The maximum Gasteiger partial charge on any atom is 0.335 e. The highest BCUT2D eigenvalue weighted by Crippen LogP contribution is 2.11. The first-order valence-electron chi connectivity index (χ1n) is 6.67. The predicted molar refractivity (Wildman–Crippen MR) is 78.9 cm³/mol. The summed E-state index contributed by atoms with van der Waals surface area (Å²) < 4.78 is 26.2. The first-order chi connectivity index (χ1) is 10.4. The molecule has 118 valence electrons. The van der Waals surface area contributed by atoms with Crippen LogP contribution in [-0.2, 0) is 14.8 Å². The molecule has 0 aromatic heterocycles. The zero-order chi connectivity index (χ0) is 16.2. The molecule has 2 rings (SSSR count). The maximum absolute atomic E-state index is 12.0. The van der Waals surface area contributed by atoms with E-state index in [0.717, 1.165) is 12.8 Å². The van der Waals surface area contributed by atoms with E-state index in [9.17, 15) is 18.0 Å². The number of nitrogens with one attached hydrogen (secondary N) is 2. The highest BCUT2D eigenvalue weighted by atomic mass is 32.2. The number of carboxylic acids is 1. The van der Waals surface area contributed by atoms with Crippen LogP contribution in [0.2, 0.25) is 0 Å². The lowest BCUT2D eigenvalue weighted by atomic mass is 10.2. The van der Waals surface area contributed by atoms with Gasteiger partial charge in [0.15, 0.2) is 0 Å². The van der Waals surface area contributed by atoms with Crippen molar-refractivity contribution in [2.24, 2.45) is 0 Å². The molecular weight excluding hydrogens is 308 g/mol. The Morgan fingerprint density at radius 1 is 1.23 bits per heavy atom. The molecular formula is C14H16N2O5S. The van der Waals surface area contributed by atoms with Gasteiger partial charge in [0.2, 0.25) is 15.9 Å². The van der Waals surface area contributed by atoms with E-state index in [1.165, 1.54) is 24.3 Å². The summed E-state index contributed by atoms with van der Waals surface area (Å²) in [5.74, 6) is -1.55. The Labute approximate surface area is 128 Å². The van der Waals surface area contributed by atoms with Gasteiger partial charge in [0.25, 0.3) is 0 Å². The Bertz CT molecular complexity index is 694. The molecule has 1 aliphatic carbocycles. The van der Waals surface area contributed by atoms with E-state index in [2.05, 4.69) is 10.0 Å². The van der Waals surface area contributed by atoms with E-state index >= 15 is 0 Å². The number of rotatable bonds is 6. The van der Waals surface area contributed by atoms with Crippen LogP contribution in [-0.4, -0.2) is 38.0 Å². The zero-order valence-electron chi connectivity index (χ0n) is 11.7. The molecule has 0 fully saturated rings. The lowest BCUT2D eigenvalue weighted by molar-refractivity contribution is -0.120. The molecule has 0 heterocycles. The molecule has 1 aromatic rings. The standard InChI is InChI=1S/C14H16N2O5S/c17-13(16-11-3-1-2-4-11)9-15-22(20,21)12-7-5-10(6-8-12)14(18)19/h1,3,5-8,11,15H,2,4,9H2,(H,16,17)(H,18,19). The third-order valence-electron chi connectivity index (χ3n) is 3.19. The minimum absolute atomic E-state index is 0.00952. The summed E-state index contributed by atoms with van der Waals surface area (Å²) in [7, 11) is -3.85.